The largest absolute Gasteiger partial charge is 0.307 e. The van der Waals surface area contributed by atoms with Crippen LogP contribution in [0.1, 0.15) is 10.4 Å². The minimum absolute atomic E-state index is 0.217. The third kappa shape index (κ3) is 2.23. The number of rotatable bonds is 2. The summed E-state index contributed by atoms with van der Waals surface area (Å²) in [5.74, 6) is -0.425. The normalized spacial score (nSPS) is 10.2. The van der Waals surface area contributed by atoms with Crippen LogP contribution in [0.4, 0.5) is 5.69 Å². The Bertz CT molecular complexity index is 594. The summed E-state index contributed by atoms with van der Waals surface area (Å²) in [5.41, 5.74) is 0.177. The highest BCUT2D eigenvalue weighted by Crippen LogP contribution is 2.18. The molecule has 86 valence electrons. The maximum atomic E-state index is 12.0. The number of benzene rings is 1. The molecule has 0 aliphatic carbocycles. The molecule has 0 unspecified atom stereocenters. The molecule has 2 rings (SSSR count). The second kappa shape index (κ2) is 4.46. The monoisotopic (exact) mass is 295 g/mol. The highest BCUT2D eigenvalue weighted by molar-refractivity contribution is 9.10. The van der Waals surface area contributed by atoms with Crippen molar-refractivity contribution in [1.29, 1.82) is 0 Å². The summed E-state index contributed by atoms with van der Waals surface area (Å²) in [6.45, 7) is 0. The summed E-state index contributed by atoms with van der Waals surface area (Å²) in [6.07, 6.45) is 2.12. The standard InChI is InChI=1S/C10H6BrN3O3/c11-9-4-2-1-3-8(9)10(15)13-6-7(5-12-13)14(16)17/h1-6H. The van der Waals surface area contributed by atoms with E-state index in [1.165, 1.54) is 0 Å². The molecule has 17 heavy (non-hydrogen) atoms. The summed E-state index contributed by atoms with van der Waals surface area (Å²) >= 11 is 3.23. The molecule has 0 N–H and O–H groups in total. The van der Waals surface area contributed by atoms with Crippen molar-refractivity contribution in [3.63, 3.8) is 0 Å². The molecule has 0 bridgehead atoms. The molecule has 0 fully saturated rings. The zero-order valence-electron chi connectivity index (χ0n) is 8.41. The van der Waals surface area contributed by atoms with Crippen molar-refractivity contribution in [3.8, 4) is 0 Å². The van der Waals surface area contributed by atoms with E-state index < -0.39 is 10.8 Å². The van der Waals surface area contributed by atoms with Crippen LogP contribution in [0.25, 0.3) is 0 Å². The van der Waals surface area contributed by atoms with E-state index in [0.717, 1.165) is 17.1 Å². The van der Waals surface area contributed by atoms with Crippen molar-refractivity contribution in [3.05, 3.63) is 56.8 Å². The molecule has 0 radical (unpaired) electrons. The minimum atomic E-state index is -0.600. The van der Waals surface area contributed by atoms with E-state index in [9.17, 15) is 14.9 Å². The molecule has 0 spiro atoms. The Labute approximate surface area is 104 Å². The Balaban J connectivity index is 2.37. The zero-order valence-corrected chi connectivity index (χ0v) is 9.99. The van der Waals surface area contributed by atoms with Gasteiger partial charge in [0, 0.05) is 4.47 Å². The fourth-order valence-corrected chi connectivity index (χ4v) is 1.73. The van der Waals surface area contributed by atoms with E-state index in [-0.39, 0.29) is 5.69 Å². The van der Waals surface area contributed by atoms with E-state index >= 15 is 0 Å². The second-order valence-corrected chi connectivity index (χ2v) is 4.04. The summed E-state index contributed by atoms with van der Waals surface area (Å²) < 4.78 is 1.56. The Kier molecular flexibility index (Phi) is 3.01. The van der Waals surface area contributed by atoms with Crippen molar-refractivity contribution in [2.45, 2.75) is 0 Å². The molecule has 1 heterocycles. The van der Waals surface area contributed by atoms with Crippen LogP contribution in [-0.2, 0) is 0 Å². The van der Waals surface area contributed by atoms with Crippen LogP contribution in [-0.4, -0.2) is 20.6 Å². The van der Waals surface area contributed by atoms with Gasteiger partial charge in [0.2, 0.25) is 0 Å². The Morgan fingerprint density at radius 3 is 2.71 bits per heavy atom. The van der Waals surface area contributed by atoms with Gasteiger partial charge in [-0.25, -0.2) is 0 Å². The molecule has 7 heteroatoms. The average molecular weight is 296 g/mol. The van der Waals surface area contributed by atoms with Gasteiger partial charge in [-0.2, -0.15) is 9.78 Å². The van der Waals surface area contributed by atoms with Gasteiger partial charge in [0.1, 0.15) is 12.4 Å². The van der Waals surface area contributed by atoms with E-state index in [4.69, 9.17) is 0 Å². The van der Waals surface area contributed by atoms with Crippen molar-refractivity contribution in [2.24, 2.45) is 0 Å². The van der Waals surface area contributed by atoms with E-state index in [1.807, 2.05) is 0 Å². The quantitative estimate of drug-likeness (QED) is 0.629. The number of nitrogens with zero attached hydrogens (tertiary/aromatic N) is 3. The lowest BCUT2D eigenvalue weighted by atomic mass is 10.2. The molecule has 0 amide bonds. The molecule has 6 nitrogen and oxygen atoms in total. The van der Waals surface area contributed by atoms with Crippen LogP contribution in [0.2, 0.25) is 0 Å². The Morgan fingerprint density at radius 2 is 2.12 bits per heavy atom. The van der Waals surface area contributed by atoms with Crippen molar-refractivity contribution < 1.29 is 9.72 Å². The summed E-state index contributed by atoms with van der Waals surface area (Å²) in [5, 5.41) is 14.1. The van der Waals surface area contributed by atoms with Crippen LogP contribution < -0.4 is 0 Å². The number of hydrogen-bond acceptors (Lipinski definition) is 4. The molecule has 0 aliphatic heterocycles. The highest BCUT2D eigenvalue weighted by Gasteiger charge is 2.16. The van der Waals surface area contributed by atoms with Gasteiger partial charge in [-0.05, 0) is 28.1 Å². The number of carbonyl (C=O) groups is 1. The number of hydrogen-bond donors (Lipinski definition) is 0. The predicted octanol–water partition coefficient (Wildman–Crippen LogP) is 2.24. The van der Waals surface area contributed by atoms with E-state index in [2.05, 4.69) is 21.0 Å². The molecule has 0 atom stereocenters. The van der Waals surface area contributed by atoms with Gasteiger partial charge in [-0.3, -0.25) is 14.9 Å². The molecule has 1 aromatic heterocycles. The molecular weight excluding hydrogens is 290 g/mol. The first-order chi connectivity index (χ1) is 8.09. The van der Waals surface area contributed by atoms with E-state index in [1.54, 1.807) is 24.3 Å². The van der Waals surface area contributed by atoms with Crippen LogP contribution in [0.5, 0.6) is 0 Å². The maximum absolute atomic E-state index is 12.0. The van der Waals surface area contributed by atoms with Gasteiger partial charge >= 0.3 is 5.69 Å². The van der Waals surface area contributed by atoms with Crippen LogP contribution in [0.3, 0.4) is 0 Å². The molecule has 0 saturated heterocycles. The third-order valence-corrected chi connectivity index (χ3v) is 2.78. The predicted molar refractivity (Wildman–Crippen MR) is 62.8 cm³/mol. The Morgan fingerprint density at radius 1 is 1.41 bits per heavy atom. The molecular formula is C10H6BrN3O3. The maximum Gasteiger partial charge on any atom is 0.307 e. The van der Waals surface area contributed by atoms with Crippen LogP contribution in [0, 0.1) is 10.1 Å². The third-order valence-electron chi connectivity index (χ3n) is 2.09. The zero-order chi connectivity index (χ0) is 12.4. The van der Waals surface area contributed by atoms with Crippen LogP contribution in [0.15, 0.2) is 41.1 Å². The minimum Gasteiger partial charge on any atom is -0.267 e. The Hall–Kier alpha value is -2.02. The summed E-state index contributed by atoms with van der Waals surface area (Å²) in [4.78, 5) is 21.8. The van der Waals surface area contributed by atoms with Gasteiger partial charge < -0.3 is 0 Å². The topological polar surface area (TPSA) is 78.0 Å². The second-order valence-electron chi connectivity index (χ2n) is 3.19. The number of carbonyl (C=O) groups excluding carboxylic acids is 1. The van der Waals surface area contributed by atoms with Gasteiger partial charge in [0.25, 0.3) is 5.91 Å². The van der Waals surface area contributed by atoms with E-state index in [0.29, 0.717) is 10.0 Å². The number of aromatic nitrogens is 2. The fraction of sp³-hybridized carbons (Fsp3) is 0. The molecule has 2 aromatic rings. The van der Waals surface area contributed by atoms with Gasteiger partial charge in [-0.1, -0.05) is 12.1 Å². The first-order valence-corrected chi connectivity index (χ1v) is 5.37. The van der Waals surface area contributed by atoms with Crippen molar-refractivity contribution in [1.82, 2.24) is 9.78 Å². The number of halogens is 1. The molecule has 1 aromatic carbocycles. The van der Waals surface area contributed by atoms with Crippen molar-refractivity contribution in [2.75, 3.05) is 0 Å². The lowest BCUT2D eigenvalue weighted by molar-refractivity contribution is -0.384. The highest BCUT2D eigenvalue weighted by atomic mass is 79.9. The smallest absolute Gasteiger partial charge is 0.267 e. The lowest BCUT2D eigenvalue weighted by Gasteiger charge is -2.01. The average Bonchev–Trinajstić information content (AvgIpc) is 2.78. The fourth-order valence-electron chi connectivity index (χ4n) is 1.28. The van der Waals surface area contributed by atoms with Crippen molar-refractivity contribution >= 4 is 27.5 Å². The molecule has 0 aliphatic rings. The summed E-state index contributed by atoms with van der Waals surface area (Å²) in [7, 11) is 0. The van der Waals surface area contributed by atoms with Gasteiger partial charge in [-0.15, -0.1) is 0 Å². The van der Waals surface area contributed by atoms with Gasteiger partial charge in [0.15, 0.2) is 0 Å². The van der Waals surface area contributed by atoms with Gasteiger partial charge in [0.05, 0.1) is 10.5 Å². The lowest BCUT2D eigenvalue weighted by Crippen LogP contribution is -2.12. The molecule has 0 saturated carbocycles. The first-order valence-electron chi connectivity index (χ1n) is 4.58. The van der Waals surface area contributed by atoms with Crippen LogP contribution >= 0.6 is 15.9 Å². The number of nitro groups is 1. The SMILES string of the molecule is O=C(c1ccccc1Br)n1cc([N+](=O)[O-])cn1. The first kappa shape index (κ1) is 11.5. The summed E-state index contributed by atoms with van der Waals surface area (Å²) in [6, 6.07) is 6.80.